The van der Waals surface area contributed by atoms with E-state index in [1.54, 1.807) is 12.1 Å². The van der Waals surface area contributed by atoms with Crippen molar-refractivity contribution in [2.24, 2.45) is 11.7 Å². The molecule has 2 rings (SSSR count). The Morgan fingerprint density at radius 3 is 2.63 bits per heavy atom. The molecule has 1 atom stereocenters. The molecule has 1 unspecified atom stereocenters. The highest BCUT2D eigenvalue weighted by molar-refractivity contribution is 5.40. The molecule has 1 aromatic carbocycles. The fourth-order valence-corrected chi connectivity index (χ4v) is 2.94. The molecular weight excluding hydrogens is 240 g/mol. The summed E-state index contributed by atoms with van der Waals surface area (Å²) in [6.07, 6.45) is 3.45. The predicted octanol–water partition coefficient (Wildman–Crippen LogP) is 2.22. The highest BCUT2D eigenvalue weighted by Crippen LogP contribution is 2.33. The van der Waals surface area contributed by atoms with Gasteiger partial charge in [0.25, 0.3) is 0 Å². The van der Waals surface area contributed by atoms with Crippen LogP contribution >= 0.6 is 0 Å². The molecule has 1 aliphatic rings. The normalized spacial score (nSPS) is 19.5. The van der Waals surface area contributed by atoms with Crippen molar-refractivity contribution in [1.29, 1.82) is 0 Å². The number of rotatable bonds is 4. The van der Waals surface area contributed by atoms with Gasteiger partial charge < -0.3 is 15.9 Å². The molecule has 19 heavy (non-hydrogen) atoms. The number of benzene rings is 1. The van der Waals surface area contributed by atoms with Gasteiger partial charge in [0.15, 0.2) is 0 Å². The van der Waals surface area contributed by atoms with Crippen LogP contribution < -0.4 is 5.73 Å². The Morgan fingerprint density at radius 1 is 1.32 bits per heavy atom. The molecule has 1 fully saturated rings. The Bertz CT molecular complexity index is 415. The summed E-state index contributed by atoms with van der Waals surface area (Å²) < 4.78 is 0. The molecule has 4 heteroatoms. The topological polar surface area (TPSA) is 69.7 Å². The molecule has 1 heterocycles. The van der Waals surface area contributed by atoms with E-state index in [0.717, 1.165) is 37.5 Å². The zero-order valence-electron chi connectivity index (χ0n) is 11.5. The Hall–Kier alpha value is -1.26. The van der Waals surface area contributed by atoms with Crippen LogP contribution in [0.25, 0.3) is 0 Å². The van der Waals surface area contributed by atoms with Gasteiger partial charge in [-0.15, -0.1) is 0 Å². The summed E-state index contributed by atoms with van der Waals surface area (Å²) in [5, 5.41) is 19.5. The van der Waals surface area contributed by atoms with Gasteiger partial charge in [-0.3, -0.25) is 4.90 Å². The van der Waals surface area contributed by atoms with E-state index in [0.29, 0.717) is 0 Å². The second-order valence-corrected chi connectivity index (χ2v) is 5.48. The lowest BCUT2D eigenvalue weighted by Gasteiger charge is -2.36. The first kappa shape index (κ1) is 14.2. The highest BCUT2D eigenvalue weighted by Gasteiger charge is 2.24. The fraction of sp³-hybridized carbons (Fsp3) is 0.600. The minimum Gasteiger partial charge on any atom is -0.508 e. The molecule has 0 radical (unpaired) electrons. The van der Waals surface area contributed by atoms with Gasteiger partial charge in [-0.05, 0) is 69.9 Å². The van der Waals surface area contributed by atoms with E-state index in [1.165, 1.54) is 18.9 Å². The third-order valence-electron chi connectivity index (χ3n) is 4.23. The van der Waals surface area contributed by atoms with Crippen molar-refractivity contribution in [2.45, 2.75) is 32.2 Å². The minimum absolute atomic E-state index is 0.130. The van der Waals surface area contributed by atoms with Crippen LogP contribution in [0.3, 0.4) is 0 Å². The summed E-state index contributed by atoms with van der Waals surface area (Å²) >= 11 is 0. The van der Waals surface area contributed by atoms with E-state index in [4.69, 9.17) is 5.73 Å². The minimum atomic E-state index is 0.130. The quantitative estimate of drug-likeness (QED) is 0.729. The van der Waals surface area contributed by atoms with Crippen molar-refractivity contribution in [1.82, 2.24) is 4.90 Å². The maximum atomic E-state index is 9.92. The van der Waals surface area contributed by atoms with E-state index >= 15 is 0 Å². The lowest BCUT2D eigenvalue weighted by atomic mass is 9.92. The van der Waals surface area contributed by atoms with Crippen LogP contribution in [-0.2, 0) is 0 Å². The monoisotopic (exact) mass is 264 g/mol. The molecule has 0 aromatic heterocycles. The van der Waals surface area contributed by atoms with Crippen molar-refractivity contribution < 1.29 is 10.2 Å². The Morgan fingerprint density at radius 2 is 2.00 bits per heavy atom. The highest BCUT2D eigenvalue weighted by atomic mass is 16.3. The summed E-state index contributed by atoms with van der Waals surface area (Å²) in [6.45, 7) is 4.91. The molecule has 4 nitrogen and oxygen atoms in total. The van der Waals surface area contributed by atoms with Crippen molar-refractivity contribution in [3.63, 3.8) is 0 Å². The molecule has 0 saturated carbocycles. The molecule has 4 N–H and O–H groups in total. The van der Waals surface area contributed by atoms with Gasteiger partial charge in [0.1, 0.15) is 11.5 Å². The summed E-state index contributed by atoms with van der Waals surface area (Å²) in [7, 11) is 0. The molecule has 0 amide bonds. The number of likely N-dealkylation sites (tertiary alicyclic amines) is 1. The van der Waals surface area contributed by atoms with Crippen molar-refractivity contribution >= 4 is 0 Å². The molecular formula is C15H24N2O2. The van der Waals surface area contributed by atoms with Crippen LogP contribution in [0.1, 0.15) is 37.8 Å². The first-order valence-electron chi connectivity index (χ1n) is 7.07. The second kappa shape index (κ2) is 6.26. The van der Waals surface area contributed by atoms with Crippen LogP contribution in [0, 0.1) is 5.92 Å². The first-order chi connectivity index (χ1) is 9.11. The van der Waals surface area contributed by atoms with E-state index in [1.807, 2.05) is 0 Å². The van der Waals surface area contributed by atoms with Gasteiger partial charge in [-0.25, -0.2) is 0 Å². The smallest absolute Gasteiger partial charge is 0.120 e. The summed E-state index contributed by atoms with van der Waals surface area (Å²) in [6, 6.07) is 4.86. The number of phenolic OH excluding ortho intramolecular Hbond substituents is 2. The van der Waals surface area contributed by atoms with Crippen molar-refractivity contribution in [3.8, 4) is 11.5 Å². The number of phenols is 2. The summed E-state index contributed by atoms with van der Waals surface area (Å²) in [5.41, 5.74) is 6.41. The van der Waals surface area contributed by atoms with E-state index in [-0.39, 0.29) is 17.5 Å². The zero-order valence-corrected chi connectivity index (χ0v) is 11.5. The first-order valence-corrected chi connectivity index (χ1v) is 7.07. The Kier molecular flexibility index (Phi) is 4.66. The Labute approximate surface area is 114 Å². The number of hydrogen-bond donors (Lipinski definition) is 3. The van der Waals surface area contributed by atoms with E-state index < -0.39 is 0 Å². The molecule has 0 aliphatic carbocycles. The number of piperidine rings is 1. The number of aromatic hydroxyl groups is 2. The predicted molar refractivity (Wildman–Crippen MR) is 76.2 cm³/mol. The average molecular weight is 264 g/mol. The van der Waals surface area contributed by atoms with Gasteiger partial charge >= 0.3 is 0 Å². The number of hydrogen-bond acceptors (Lipinski definition) is 4. The van der Waals surface area contributed by atoms with Gasteiger partial charge in [-0.1, -0.05) is 0 Å². The summed E-state index contributed by atoms with van der Waals surface area (Å²) in [4.78, 5) is 2.36. The molecule has 106 valence electrons. The number of nitrogens with two attached hydrogens (primary N) is 1. The fourth-order valence-electron chi connectivity index (χ4n) is 2.94. The Balaban J connectivity index is 2.01. The zero-order chi connectivity index (χ0) is 13.8. The second-order valence-electron chi connectivity index (χ2n) is 5.48. The maximum Gasteiger partial charge on any atom is 0.120 e. The van der Waals surface area contributed by atoms with Crippen LogP contribution in [0.2, 0.25) is 0 Å². The van der Waals surface area contributed by atoms with Crippen molar-refractivity contribution in [3.05, 3.63) is 23.8 Å². The molecule has 0 bridgehead atoms. The molecule has 1 aliphatic heterocycles. The van der Waals surface area contributed by atoms with Crippen molar-refractivity contribution in [2.75, 3.05) is 19.6 Å². The van der Waals surface area contributed by atoms with Crippen LogP contribution in [-0.4, -0.2) is 34.7 Å². The third kappa shape index (κ3) is 3.39. The standard InChI is InChI=1S/C15H24N2O2/c1-11(14-10-13(18)2-3-15(14)19)17-8-5-12(4-7-16)6-9-17/h2-3,10-12,18-19H,4-9,16H2,1H3. The van der Waals surface area contributed by atoms with Gasteiger partial charge in [0.05, 0.1) is 0 Å². The van der Waals surface area contributed by atoms with Gasteiger partial charge in [0.2, 0.25) is 0 Å². The molecule has 1 saturated heterocycles. The van der Waals surface area contributed by atoms with Crippen LogP contribution in [0.15, 0.2) is 18.2 Å². The molecule has 1 aromatic rings. The van der Waals surface area contributed by atoms with E-state index in [9.17, 15) is 10.2 Å². The largest absolute Gasteiger partial charge is 0.508 e. The van der Waals surface area contributed by atoms with Crippen LogP contribution in [0.5, 0.6) is 11.5 Å². The number of nitrogens with zero attached hydrogens (tertiary/aromatic N) is 1. The van der Waals surface area contributed by atoms with Crippen LogP contribution in [0.4, 0.5) is 0 Å². The average Bonchev–Trinajstić information content (AvgIpc) is 2.42. The SMILES string of the molecule is CC(c1cc(O)ccc1O)N1CCC(CCN)CC1. The summed E-state index contributed by atoms with van der Waals surface area (Å²) in [5.74, 6) is 1.21. The lowest BCUT2D eigenvalue weighted by Crippen LogP contribution is -2.36. The third-order valence-corrected chi connectivity index (χ3v) is 4.23. The van der Waals surface area contributed by atoms with Gasteiger partial charge in [0, 0.05) is 11.6 Å². The lowest BCUT2D eigenvalue weighted by molar-refractivity contribution is 0.136. The maximum absolute atomic E-state index is 9.92. The van der Waals surface area contributed by atoms with E-state index in [2.05, 4.69) is 11.8 Å². The molecule has 0 spiro atoms. The van der Waals surface area contributed by atoms with Gasteiger partial charge in [-0.2, -0.15) is 0 Å².